The Labute approximate surface area is 107 Å². The van der Waals surface area contributed by atoms with Crippen molar-refractivity contribution in [3.8, 4) is 0 Å². The summed E-state index contributed by atoms with van der Waals surface area (Å²) in [5.74, 6) is 0. The van der Waals surface area contributed by atoms with Gasteiger partial charge in [-0.15, -0.1) is 0 Å². The molecule has 1 aromatic carbocycles. The van der Waals surface area contributed by atoms with E-state index in [-0.39, 0.29) is 0 Å². The van der Waals surface area contributed by atoms with Gasteiger partial charge >= 0.3 is 35.3 Å². The Bertz CT molecular complexity index is 207. The second-order valence-corrected chi connectivity index (χ2v) is 5.43. The Hall–Kier alpha value is -0.362. The van der Waals surface area contributed by atoms with E-state index >= 15 is 0 Å². The van der Waals surface area contributed by atoms with Crippen LogP contribution in [-0.4, -0.2) is 4.98 Å². The SMILES string of the molecule is [Cl][Pt][Cl].[c-]1ccccc1.c1ccncc1. The maximum Gasteiger partial charge on any atom is 0.0267 e. The van der Waals surface area contributed by atoms with Crippen molar-refractivity contribution in [2.45, 2.75) is 0 Å². The van der Waals surface area contributed by atoms with Gasteiger partial charge in [0, 0.05) is 12.4 Å². The van der Waals surface area contributed by atoms with E-state index in [0.717, 1.165) is 0 Å². The van der Waals surface area contributed by atoms with E-state index in [4.69, 9.17) is 18.8 Å². The fraction of sp³-hybridized carbons (Fsp3) is 0. The van der Waals surface area contributed by atoms with Gasteiger partial charge in [-0.1, -0.05) is 6.07 Å². The number of nitrogens with zero attached hydrogens (tertiary/aromatic N) is 1. The molecule has 0 amide bonds. The number of hydrogen-bond donors (Lipinski definition) is 0. The molecule has 0 atom stereocenters. The molecule has 0 aliphatic heterocycles. The van der Waals surface area contributed by atoms with Crippen molar-refractivity contribution in [3.63, 3.8) is 0 Å². The molecule has 0 saturated heterocycles. The van der Waals surface area contributed by atoms with Crippen LogP contribution in [0.5, 0.6) is 0 Å². The van der Waals surface area contributed by atoms with Gasteiger partial charge in [-0.05, 0) is 12.1 Å². The number of halogens is 2. The van der Waals surface area contributed by atoms with E-state index in [0.29, 0.717) is 0 Å². The molecule has 1 aromatic heterocycles. The molecule has 0 radical (unpaired) electrons. The Morgan fingerprint density at radius 3 is 1.40 bits per heavy atom. The average Bonchev–Trinajstić information content (AvgIpc) is 2.35. The summed E-state index contributed by atoms with van der Waals surface area (Å²) in [6.07, 6.45) is 3.50. The number of rotatable bonds is 0. The van der Waals surface area contributed by atoms with Crippen molar-refractivity contribution in [1.29, 1.82) is 0 Å². The fourth-order valence-electron chi connectivity index (χ4n) is 0.655. The summed E-state index contributed by atoms with van der Waals surface area (Å²) >= 11 is -0.472. The summed E-state index contributed by atoms with van der Waals surface area (Å²) < 4.78 is 0. The van der Waals surface area contributed by atoms with Crippen molar-refractivity contribution in [1.82, 2.24) is 4.98 Å². The molecule has 2 rings (SSSR count). The molecule has 1 heterocycles. The number of pyridine rings is 1. The standard InChI is InChI=1S/C6H5.C5H5N.2ClH.Pt/c2*1-2-4-6-5-3-1;;;/h2*1-5H;2*1H;/q-1;;;;+2/p-2. The van der Waals surface area contributed by atoms with Crippen LogP contribution in [0.25, 0.3) is 0 Å². The van der Waals surface area contributed by atoms with Gasteiger partial charge in [0.25, 0.3) is 0 Å². The Morgan fingerprint density at radius 1 is 0.800 bits per heavy atom. The van der Waals surface area contributed by atoms with Crippen LogP contribution in [0, 0.1) is 6.07 Å². The van der Waals surface area contributed by atoms with E-state index in [9.17, 15) is 0 Å². The third kappa shape index (κ3) is 13.6. The zero-order valence-corrected chi connectivity index (χ0v) is 11.6. The van der Waals surface area contributed by atoms with E-state index in [1.54, 1.807) is 12.4 Å². The maximum atomic E-state index is 4.88. The minimum atomic E-state index is -0.472. The molecule has 0 bridgehead atoms. The van der Waals surface area contributed by atoms with Crippen molar-refractivity contribution >= 4 is 18.8 Å². The molecule has 1 nitrogen and oxygen atoms in total. The van der Waals surface area contributed by atoms with E-state index in [2.05, 4.69) is 11.1 Å². The summed E-state index contributed by atoms with van der Waals surface area (Å²) in [5.41, 5.74) is 0. The molecule has 0 spiro atoms. The van der Waals surface area contributed by atoms with Gasteiger partial charge in [0.2, 0.25) is 0 Å². The van der Waals surface area contributed by atoms with Crippen LogP contribution < -0.4 is 0 Å². The summed E-state index contributed by atoms with van der Waals surface area (Å²) in [7, 11) is 9.75. The van der Waals surface area contributed by atoms with Gasteiger partial charge in [0.05, 0.1) is 0 Å². The topological polar surface area (TPSA) is 12.9 Å². The normalized spacial score (nSPS) is 7.87. The maximum absolute atomic E-state index is 4.88. The molecule has 84 valence electrons. The van der Waals surface area contributed by atoms with Gasteiger partial charge in [0.15, 0.2) is 0 Å². The number of benzene rings is 1. The largest absolute Gasteiger partial charge is 0.265 e. The Morgan fingerprint density at radius 2 is 1.27 bits per heavy atom. The first-order valence-corrected chi connectivity index (χ1v) is 9.63. The molecular weight excluding hydrogens is 412 g/mol. The molecule has 15 heavy (non-hydrogen) atoms. The van der Waals surface area contributed by atoms with E-state index in [1.807, 2.05) is 48.5 Å². The molecule has 0 fully saturated rings. The summed E-state index contributed by atoms with van der Waals surface area (Å²) in [5, 5.41) is 0. The van der Waals surface area contributed by atoms with Crippen LogP contribution in [0.3, 0.4) is 0 Å². The van der Waals surface area contributed by atoms with Crippen LogP contribution in [0.2, 0.25) is 0 Å². The molecule has 0 saturated carbocycles. The third-order valence-corrected chi connectivity index (χ3v) is 1.17. The zero-order chi connectivity index (χ0) is 11.2. The third-order valence-electron chi connectivity index (χ3n) is 1.17. The minimum Gasteiger partial charge on any atom is -0.265 e. The van der Waals surface area contributed by atoms with Crippen molar-refractivity contribution in [3.05, 3.63) is 67.0 Å². The first-order valence-electron chi connectivity index (χ1n) is 4.00. The van der Waals surface area contributed by atoms with Crippen LogP contribution in [0.1, 0.15) is 0 Å². The van der Waals surface area contributed by atoms with Crippen LogP contribution in [0.15, 0.2) is 60.9 Å². The summed E-state index contributed by atoms with van der Waals surface area (Å²) in [6.45, 7) is 0. The monoisotopic (exact) mass is 421 g/mol. The van der Waals surface area contributed by atoms with Gasteiger partial charge in [-0.2, -0.15) is 36.4 Å². The van der Waals surface area contributed by atoms with Crippen LogP contribution in [-0.2, 0) is 16.5 Å². The summed E-state index contributed by atoms with van der Waals surface area (Å²) in [4.78, 5) is 3.78. The van der Waals surface area contributed by atoms with Crippen molar-refractivity contribution in [2.24, 2.45) is 0 Å². The van der Waals surface area contributed by atoms with Crippen molar-refractivity contribution in [2.75, 3.05) is 0 Å². The molecule has 0 N–H and O–H groups in total. The Kier molecular flexibility index (Phi) is 13.3. The molecule has 0 aliphatic rings. The first-order chi connectivity index (χ1) is 7.41. The molecule has 0 aliphatic carbocycles. The van der Waals surface area contributed by atoms with Crippen LogP contribution in [0.4, 0.5) is 0 Å². The van der Waals surface area contributed by atoms with Crippen LogP contribution >= 0.6 is 18.8 Å². The van der Waals surface area contributed by atoms with E-state index < -0.39 is 16.5 Å². The van der Waals surface area contributed by atoms with Gasteiger partial charge < -0.3 is 0 Å². The quantitative estimate of drug-likeness (QED) is 0.587. The molecular formula is C11H10Cl2NPt-. The molecule has 0 unspecified atom stereocenters. The van der Waals surface area contributed by atoms with E-state index in [1.165, 1.54) is 0 Å². The second kappa shape index (κ2) is 13.6. The minimum absolute atomic E-state index is 0.472. The van der Waals surface area contributed by atoms with Crippen molar-refractivity contribution < 1.29 is 16.5 Å². The van der Waals surface area contributed by atoms with Gasteiger partial charge in [0.1, 0.15) is 0 Å². The fourth-order valence-corrected chi connectivity index (χ4v) is 0.655. The number of hydrogen-bond acceptors (Lipinski definition) is 1. The predicted molar refractivity (Wildman–Crippen MR) is 61.2 cm³/mol. The molecule has 2 aromatic rings. The smallest absolute Gasteiger partial charge is 0.0267 e. The zero-order valence-electron chi connectivity index (χ0n) is 7.79. The van der Waals surface area contributed by atoms with Gasteiger partial charge in [-0.3, -0.25) is 4.98 Å². The Balaban J connectivity index is 0.000000210. The average molecular weight is 422 g/mol. The molecule has 4 heteroatoms. The van der Waals surface area contributed by atoms with Gasteiger partial charge in [-0.25, -0.2) is 0 Å². The predicted octanol–water partition coefficient (Wildman–Crippen LogP) is 3.94. The second-order valence-electron chi connectivity index (χ2n) is 2.15. The number of aromatic nitrogens is 1. The summed E-state index contributed by atoms with van der Waals surface area (Å²) in [6, 6.07) is 18.2. The first kappa shape index (κ1) is 14.6.